The summed E-state index contributed by atoms with van der Waals surface area (Å²) in [6.45, 7) is 5.23. The van der Waals surface area contributed by atoms with E-state index < -0.39 is 6.17 Å². The van der Waals surface area contributed by atoms with Crippen LogP contribution >= 0.6 is 0 Å². The van der Waals surface area contributed by atoms with E-state index in [4.69, 9.17) is 10.5 Å². The quantitative estimate of drug-likeness (QED) is 0.624. The summed E-state index contributed by atoms with van der Waals surface area (Å²) < 4.78 is 19.1. The van der Waals surface area contributed by atoms with Crippen LogP contribution in [-0.2, 0) is 17.9 Å². The number of halogens is 1. The molecule has 1 fully saturated rings. The van der Waals surface area contributed by atoms with E-state index in [9.17, 15) is 9.18 Å². The largest absolute Gasteiger partial charge is 0.463 e. The lowest BCUT2D eigenvalue weighted by atomic mass is 10.1. The smallest absolute Gasteiger partial charge is 0.320 e. The predicted molar refractivity (Wildman–Crippen MR) is 118 cm³/mol. The van der Waals surface area contributed by atoms with E-state index in [1.54, 1.807) is 0 Å². The number of fused-ring (bicyclic) bond motifs is 1. The summed E-state index contributed by atoms with van der Waals surface area (Å²) in [4.78, 5) is 25.0. The summed E-state index contributed by atoms with van der Waals surface area (Å²) in [7, 11) is 0. The number of alkyl halides is 1. The fourth-order valence-electron chi connectivity index (χ4n) is 3.96. The van der Waals surface area contributed by atoms with E-state index in [0.717, 1.165) is 37.1 Å². The Bertz CT molecular complexity index is 940. The highest BCUT2D eigenvalue weighted by molar-refractivity contribution is 6.03. The third-order valence-electron chi connectivity index (χ3n) is 5.51. The zero-order chi connectivity index (χ0) is 21.8. The zero-order valence-corrected chi connectivity index (χ0v) is 17.8. The van der Waals surface area contributed by atoms with E-state index in [-0.39, 0.29) is 24.3 Å². The van der Waals surface area contributed by atoms with Gasteiger partial charge in [0.2, 0.25) is 5.91 Å². The minimum atomic E-state index is -0.731. The van der Waals surface area contributed by atoms with Gasteiger partial charge in [-0.3, -0.25) is 9.69 Å². The average Bonchev–Trinajstić information content (AvgIpc) is 3.14. The standard InChI is InChI=1S/C22H29FN6O2/c1-2-3-9-31-22-26-20(24)19-21(27-22)29(14-18(30)25-19)12-16-6-4-5-15(10-16)11-28-8-7-17(23)13-28/h4-6,10,17H,2-3,7-9,11-14H2,1H3,(H,25,30)(H2,24,26,27)/t17-/m0/s1. The number of benzene rings is 1. The second kappa shape index (κ2) is 9.47. The predicted octanol–water partition coefficient (Wildman–Crippen LogP) is 2.74. The minimum Gasteiger partial charge on any atom is -0.463 e. The molecule has 2 aliphatic rings. The number of rotatable bonds is 8. The molecule has 8 nitrogen and oxygen atoms in total. The van der Waals surface area contributed by atoms with Gasteiger partial charge in [-0.15, -0.1) is 0 Å². The number of nitrogens with one attached hydrogen (secondary N) is 1. The van der Waals surface area contributed by atoms with Crippen LogP contribution in [0.2, 0.25) is 0 Å². The molecule has 0 aliphatic carbocycles. The van der Waals surface area contributed by atoms with Crippen molar-refractivity contribution in [3.63, 3.8) is 0 Å². The topological polar surface area (TPSA) is 96.6 Å². The molecular weight excluding hydrogens is 399 g/mol. The summed E-state index contributed by atoms with van der Waals surface area (Å²) in [5.74, 6) is 0.589. The van der Waals surface area contributed by atoms with Crippen molar-refractivity contribution in [3.05, 3.63) is 35.4 Å². The number of amides is 1. The molecule has 1 aromatic carbocycles. The number of anilines is 3. The van der Waals surface area contributed by atoms with Gasteiger partial charge in [-0.05, 0) is 24.0 Å². The molecule has 0 bridgehead atoms. The minimum absolute atomic E-state index is 0.162. The Balaban J connectivity index is 1.52. The van der Waals surface area contributed by atoms with Gasteiger partial charge in [0.25, 0.3) is 0 Å². The molecule has 9 heteroatoms. The van der Waals surface area contributed by atoms with Gasteiger partial charge in [0.1, 0.15) is 11.9 Å². The molecule has 1 saturated heterocycles. The van der Waals surface area contributed by atoms with Crippen LogP contribution in [0, 0.1) is 0 Å². The van der Waals surface area contributed by atoms with Crippen LogP contribution in [-0.4, -0.2) is 53.2 Å². The number of nitrogen functional groups attached to an aromatic ring is 1. The van der Waals surface area contributed by atoms with Crippen LogP contribution in [0.3, 0.4) is 0 Å². The third kappa shape index (κ3) is 5.22. The van der Waals surface area contributed by atoms with E-state index >= 15 is 0 Å². The Hall–Kier alpha value is -2.94. The Morgan fingerprint density at radius 3 is 2.84 bits per heavy atom. The molecule has 166 valence electrons. The highest BCUT2D eigenvalue weighted by Gasteiger charge is 2.28. The van der Waals surface area contributed by atoms with Crippen molar-refractivity contribution < 1.29 is 13.9 Å². The van der Waals surface area contributed by atoms with Crippen LogP contribution in [0.4, 0.5) is 21.7 Å². The van der Waals surface area contributed by atoms with Gasteiger partial charge in [-0.25, -0.2) is 4.39 Å². The summed E-state index contributed by atoms with van der Waals surface area (Å²) in [6, 6.07) is 8.37. The Morgan fingerprint density at radius 2 is 2.10 bits per heavy atom. The fraction of sp³-hybridized carbons (Fsp3) is 0.500. The van der Waals surface area contributed by atoms with E-state index in [0.29, 0.717) is 37.6 Å². The highest BCUT2D eigenvalue weighted by Crippen LogP contribution is 2.34. The van der Waals surface area contributed by atoms with Crippen molar-refractivity contribution in [1.82, 2.24) is 14.9 Å². The van der Waals surface area contributed by atoms with Crippen LogP contribution in [0.25, 0.3) is 0 Å². The molecule has 1 atom stereocenters. The molecule has 0 spiro atoms. The zero-order valence-electron chi connectivity index (χ0n) is 17.8. The van der Waals surface area contributed by atoms with Crippen LogP contribution in [0.5, 0.6) is 6.01 Å². The first-order valence-corrected chi connectivity index (χ1v) is 10.8. The Morgan fingerprint density at radius 1 is 1.29 bits per heavy atom. The number of carbonyl (C=O) groups is 1. The molecule has 0 unspecified atom stereocenters. The van der Waals surface area contributed by atoms with E-state index in [1.807, 2.05) is 23.1 Å². The van der Waals surface area contributed by atoms with E-state index in [1.165, 1.54) is 0 Å². The van der Waals surface area contributed by atoms with Crippen molar-refractivity contribution in [1.29, 1.82) is 0 Å². The first kappa shape index (κ1) is 21.3. The summed E-state index contributed by atoms with van der Waals surface area (Å²) in [5, 5.41) is 2.77. The lowest BCUT2D eigenvalue weighted by molar-refractivity contribution is -0.115. The third-order valence-corrected chi connectivity index (χ3v) is 5.51. The Labute approximate surface area is 181 Å². The monoisotopic (exact) mass is 428 g/mol. The first-order valence-electron chi connectivity index (χ1n) is 10.8. The number of nitrogens with two attached hydrogens (primary N) is 1. The van der Waals surface area contributed by atoms with Crippen molar-refractivity contribution in [2.24, 2.45) is 0 Å². The summed E-state index contributed by atoms with van der Waals surface area (Å²) in [6.07, 6.45) is 1.77. The molecule has 3 N–H and O–H groups in total. The number of hydrogen-bond donors (Lipinski definition) is 2. The maximum atomic E-state index is 13.5. The van der Waals surface area contributed by atoms with Crippen molar-refractivity contribution in [2.75, 3.05) is 42.2 Å². The van der Waals surface area contributed by atoms with Gasteiger partial charge in [0.15, 0.2) is 11.6 Å². The van der Waals surface area contributed by atoms with Gasteiger partial charge < -0.3 is 20.7 Å². The van der Waals surface area contributed by atoms with E-state index in [2.05, 4.69) is 33.2 Å². The van der Waals surface area contributed by atoms with Crippen molar-refractivity contribution in [3.8, 4) is 6.01 Å². The van der Waals surface area contributed by atoms with Crippen LogP contribution in [0.15, 0.2) is 24.3 Å². The second-order valence-electron chi connectivity index (χ2n) is 8.14. The molecule has 1 aromatic heterocycles. The lowest BCUT2D eigenvalue weighted by Crippen LogP contribution is -2.39. The molecule has 0 saturated carbocycles. The van der Waals surface area contributed by atoms with Gasteiger partial charge in [0, 0.05) is 26.2 Å². The SMILES string of the molecule is CCCCOc1nc(N)c2c(n1)N(Cc1cccc(CN3CC[C@H](F)C3)c1)CC(=O)N2. The van der Waals surface area contributed by atoms with Crippen molar-refractivity contribution >= 4 is 23.2 Å². The van der Waals surface area contributed by atoms with Crippen LogP contribution in [0.1, 0.15) is 37.3 Å². The van der Waals surface area contributed by atoms with Crippen molar-refractivity contribution in [2.45, 2.75) is 45.4 Å². The molecule has 1 amide bonds. The lowest BCUT2D eigenvalue weighted by Gasteiger charge is -2.30. The first-order chi connectivity index (χ1) is 15.0. The number of nitrogens with zero attached hydrogens (tertiary/aromatic N) is 4. The molecule has 3 heterocycles. The normalized spacial score (nSPS) is 18.7. The number of ether oxygens (including phenoxy) is 1. The van der Waals surface area contributed by atoms with Crippen LogP contribution < -0.4 is 20.7 Å². The molecule has 2 aromatic rings. The number of unbranched alkanes of at least 4 members (excludes halogenated alkanes) is 1. The average molecular weight is 429 g/mol. The molecule has 0 radical (unpaired) electrons. The van der Waals surface area contributed by atoms with Gasteiger partial charge in [0.05, 0.1) is 13.2 Å². The van der Waals surface area contributed by atoms with Gasteiger partial charge in [-0.2, -0.15) is 9.97 Å². The maximum absolute atomic E-state index is 13.5. The number of carbonyl (C=O) groups excluding carboxylic acids is 1. The highest BCUT2D eigenvalue weighted by atomic mass is 19.1. The maximum Gasteiger partial charge on any atom is 0.320 e. The fourth-order valence-corrected chi connectivity index (χ4v) is 3.96. The van der Waals surface area contributed by atoms with Gasteiger partial charge in [-0.1, -0.05) is 37.6 Å². The Kier molecular flexibility index (Phi) is 6.50. The number of aromatic nitrogens is 2. The van der Waals surface area contributed by atoms with Gasteiger partial charge >= 0.3 is 6.01 Å². The summed E-state index contributed by atoms with van der Waals surface area (Å²) >= 11 is 0. The number of likely N-dealkylation sites (tertiary alicyclic amines) is 1. The second-order valence-corrected chi connectivity index (χ2v) is 8.14. The molecule has 31 heavy (non-hydrogen) atoms. The summed E-state index contributed by atoms with van der Waals surface area (Å²) in [5.41, 5.74) is 8.67. The molecule has 2 aliphatic heterocycles. The molecular formula is C22H29FN6O2. The number of hydrogen-bond acceptors (Lipinski definition) is 7. The molecule has 4 rings (SSSR count).